The molecule has 2 aromatic rings. The minimum absolute atomic E-state index is 0.0373. The minimum atomic E-state index is -0.469. The van der Waals surface area contributed by atoms with Gasteiger partial charge in [-0.25, -0.2) is 4.98 Å². The molecule has 0 amide bonds. The third-order valence-electron chi connectivity index (χ3n) is 2.63. The molecule has 0 aliphatic carbocycles. The molecule has 1 aromatic heterocycles. The highest BCUT2D eigenvalue weighted by molar-refractivity contribution is 5.91. The van der Waals surface area contributed by atoms with E-state index in [0.29, 0.717) is 29.9 Å². The van der Waals surface area contributed by atoms with Crippen molar-refractivity contribution in [3.8, 4) is 5.75 Å². The lowest BCUT2D eigenvalue weighted by atomic mass is 10.2. The number of aromatic nitrogens is 1. The maximum Gasteiger partial charge on any atom is 0.295 e. The predicted octanol–water partition coefficient (Wildman–Crippen LogP) is 1.53. The summed E-state index contributed by atoms with van der Waals surface area (Å²) in [6, 6.07) is 6.34. The van der Waals surface area contributed by atoms with Crippen molar-refractivity contribution < 1.29 is 19.5 Å². The quantitative estimate of drug-likeness (QED) is 0.469. The van der Waals surface area contributed by atoms with Crippen molar-refractivity contribution >= 4 is 16.6 Å². The summed E-state index contributed by atoms with van der Waals surface area (Å²) in [7, 11) is 0. The molecule has 1 N–H and O–H groups in total. The molecule has 20 heavy (non-hydrogen) atoms. The zero-order chi connectivity index (χ0) is 14.4. The van der Waals surface area contributed by atoms with Crippen molar-refractivity contribution in [1.82, 2.24) is 4.98 Å². The summed E-state index contributed by atoms with van der Waals surface area (Å²) in [5.74, 6) is 0.520. The molecule has 0 atom stereocenters. The Morgan fingerprint density at radius 1 is 1.25 bits per heavy atom. The molecule has 0 aliphatic rings. The monoisotopic (exact) mass is 278 g/mol. The topological polar surface area (TPSA) is 94.7 Å². The number of non-ortho nitro benzene ring substituents is 1. The number of aliphatic hydroxyl groups excluding tert-OH is 1. The SMILES string of the molecule is O=[N+]([O-])c1ccc(OCCOCCO)c2cccnc12. The Morgan fingerprint density at radius 2 is 2.10 bits per heavy atom. The Bertz CT molecular complexity index is 602. The molecule has 2 rings (SSSR count). The zero-order valence-electron chi connectivity index (χ0n) is 10.7. The van der Waals surface area contributed by atoms with Crippen LogP contribution in [0.15, 0.2) is 30.5 Å². The van der Waals surface area contributed by atoms with Crippen molar-refractivity contribution in [2.75, 3.05) is 26.4 Å². The molecule has 7 nitrogen and oxygen atoms in total. The van der Waals surface area contributed by atoms with Crippen molar-refractivity contribution in [1.29, 1.82) is 0 Å². The average molecular weight is 278 g/mol. The van der Waals surface area contributed by atoms with Crippen LogP contribution in [-0.4, -0.2) is 41.4 Å². The van der Waals surface area contributed by atoms with Crippen LogP contribution in [0.3, 0.4) is 0 Å². The summed E-state index contributed by atoms with van der Waals surface area (Å²) in [6.07, 6.45) is 1.50. The number of nitrogens with zero attached hydrogens (tertiary/aromatic N) is 2. The summed E-state index contributed by atoms with van der Waals surface area (Å²) in [6.45, 7) is 0.845. The molecule has 0 saturated heterocycles. The fourth-order valence-electron chi connectivity index (χ4n) is 1.78. The predicted molar refractivity (Wildman–Crippen MR) is 71.8 cm³/mol. The van der Waals surface area contributed by atoms with Gasteiger partial charge < -0.3 is 14.6 Å². The van der Waals surface area contributed by atoms with E-state index in [1.54, 1.807) is 18.2 Å². The van der Waals surface area contributed by atoms with E-state index in [9.17, 15) is 10.1 Å². The van der Waals surface area contributed by atoms with Crippen LogP contribution in [0.5, 0.6) is 5.75 Å². The van der Waals surface area contributed by atoms with Gasteiger partial charge in [-0.3, -0.25) is 10.1 Å². The summed E-state index contributed by atoms with van der Waals surface area (Å²) in [5.41, 5.74) is 0.246. The fourth-order valence-corrected chi connectivity index (χ4v) is 1.78. The van der Waals surface area contributed by atoms with E-state index in [1.165, 1.54) is 12.3 Å². The summed E-state index contributed by atoms with van der Waals surface area (Å²) >= 11 is 0. The third-order valence-corrected chi connectivity index (χ3v) is 2.63. The van der Waals surface area contributed by atoms with Gasteiger partial charge in [0.25, 0.3) is 5.69 Å². The second kappa shape index (κ2) is 6.78. The molecule has 106 valence electrons. The van der Waals surface area contributed by atoms with E-state index >= 15 is 0 Å². The molecule has 0 fully saturated rings. The number of hydrogen-bond acceptors (Lipinski definition) is 6. The first-order chi connectivity index (χ1) is 9.74. The smallest absolute Gasteiger partial charge is 0.295 e. The number of rotatable bonds is 7. The van der Waals surface area contributed by atoms with Crippen LogP contribution in [-0.2, 0) is 4.74 Å². The van der Waals surface area contributed by atoms with E-state index in [4.69, 9.17) is 14.6 Å². The highest BCUT2D eigenvalue weighted by Crippen LogP contribution is 2.31. The maximum atomic E-state index is 10.9. The first-order valence-electron chi connectivity index (χ1n) is 6.07. The number of nitro groups is 1. The van der Waals surface area contributed by atoms with Gasteiger partial charge in [-0.2, -0.15) is 0 Å². The first-order valence-corrected chi connectivity index (χ1v) is 6.07. The van der Waals surface area contributed by atoms with E-state index in [2.05, 4.69) is 4.98 Å². The van der Waals surface area contributed by atoms with Crippen molar-refractivity contribution in [3.63, 3.8) is 0 Å². The summed E-state index contributed by atoms with van der Waals surface area (Å²) in [4.78, 5) is 14.5. The molecule has 0 unspecified atom stereocenters. The molecular weight excluding hydrogens is 264 g/mol. The third kappa shape index (κ3) is 3.19. The van der Waals surface area contributed by atoms with E-state index in [1.807, 2.05) is 0 Å². The van der Waals surface area contributed by atoms with Crippen LogP contribution in [0.25, 0.3) is 10.9 Å². The number of ether oxygens (including phenoxy) is 2. The number of pyridine rings is 1. The Labute approximate surface area is 114 Å². The maximum absolute atomic E-state index is 10.9. The lowest BCUT2D eigenvalue weighted by Gasteiger charge is -2.09. The number of aliphatic hydroxyl groups is 1. The second-order valence-corrected chi connectivity index (χ2v) is 3.92. The molecule has 0 spiro atoms. The molecule has 1 heterocycles. The van der Waals surface area contributed by atoms with Gasteiger partial charge in [0, 0.05) is 17.6 Å². The average Bonchev–Trinajstić information content (AvgIpc) is 2.46. The molecule has 7 heteroatoms. The van der Waals surface area contributed by atoms with E-state index in [-0.39, 0.29) is 18.9 Å². The van der Waals surface area contributed by atoms with Crippen LogP contribution in [0, 0.1) is 10.1 Å². The largest absolute Gasteiger partial charge is 0.490 e. The van der Waals surface area contributed by atoms with Gasteiger partial charge in [0.2, 0.25) is 0 Å². The lowest BCUT2D eigenvalue weighted by Crippen LogP contribution is -2.09. The van der Waals surface area contributed by atoms with Gasteiger partial charge >= 0.3 is 0 Å². The van der Waals surface area contributed by atoms with Crippen molar-refractivity contribution in [2.45, 2.75) is 0 Å². The molecule has 0 saturated carbocycles. The van der Waals surface area contributed by atoms with Gasteiger partial charge in [0.1, 0.15) is 12.4 Å². The Balaban J connectivity index is 2.18. The van der Waals surface area contributed by atoms with Gasteiger partial charge in [-0.1, -0.05) is 0 Å². The number of benzene rings is 1. The summed E-state index contributed by atoms with van der Waals surface area (Å²) < 4.78 is 10.6. The summed E-state index contributed by atoms with van der Waals surface area (Å²) in [5, 5.41) is 20.1. The van der Waals surface area contributed by atoms with Gasteiger partial charge in [0.15, 0.2) is 5.52 Å². The normalized spacial score (nSPS) is 10.7. The second-order valence-electron chi connectivity index (χ2n) is 3.92. The Morgan fingerprint density at radius 3 is 2.85 bits per heavy atom. The van der Waals surface area contributed by atoms with E-state index < -0.39 is 4.92 Å². The molecule has 0 radical (unpaired) electrons. The number of hydrogen-bond donors (Lipinski definition) is 1. The standard InChI is InChI=1S/C13H14N2O5/c16-6-7-19-8-9-20-12-4-3-11(15(17)18)13-10(12)2-1-5-14-13/h1-5,16H,6-9H2. The van der Waals surface area contributed by atoms with Crippen LogP contribution in [0.1, 0.15) is 0 Å². The Hall–Kier alpha value is -2.25. The molecular formula is C13H14N2O5. The number of fused-ring (bicyclic) bond motifs is 1. The lowest BCUT2D eigenvalue weighted by molar-refractivity contribution is -0.383. The fraction of sp³-hybridized carbons (Fsp3) is 0.308. The van der Waals surface area contributed by atoms with Crippen LogP contribution < -0.4 is 4.74 Å². The van der Waals surface area contributed by atoms with Gasteiger partial charge in [0.05, 0.1) is 24.7 Å². The van der Waals surface area contributed by atoms with Crippen LogP contribution in [0.2, 0.25) is 0 Å². The van der Waals surface area contributed by atoms with Crippen LogP contribution >= 0.6 is 0 Å². The minimum Gasteiger partial charge on any atom is -0.490 e. The van der Waals surface area contributed by atoms with Crippen LogP contribution in [0.4, 0.5) is 5.69 Å². The highest BCUT2D eigenvalue weighted by Gasteiger charge is 2.15. The van der Waals surface area contributed by atoms with Crippen molar-refractivity contribution in [2.24, 2.45) is 0 Å². The Kier molecular flexibility index (Phi) is 4.80. The zero-order valence-corrected chi connectivity index (χ0v) is 10.7. The van der Waals surface area contributed by atoms with Gasteiger partial charge in [-0.15, -0.1) is 0 Å². The van der Waals surface area contributed by atoms with Gasteiger partial charge in [-0.05, 0) is 18.2 Å². The van der Waals surface area contributed by atoms with E-state index in [0.717, 1.165) is 0 Å². The molecule has 1 aromatic carbocycles. The molecule has 0 bridgehead atoms. The highest BCUT2D eigenvalue weighted by atomic mass is 16.6. The van der Waals surface area contributed by atoms with Crippen molar-refractivity contribution in [3.05, 3.63) is 40.6 Å². The molecule has 0 aliphatic heterocycles. The number of nitro benzene ring substituents is 1. The first kappa shape index (κ1) is 14.2.